The third-order valence-electron chi connectivity index (χ3n) is 3.90. The maximum absolute atomic E-state index is 11.5. The summed E-state index contributed by atoms with van der Waals surface area (Å²) in [5, 5.41) is 2.29. The normalized spacial score (nSPS) is 19.4. The average molecular weight is 273 g/mol. The lowest BCUT2D eigenvalue weighted by molar-refractivity contribution is -0.118. The number of piperidine rings is 1. The molecule has 2 saturated heterocycles. The van der Waals surface area contributed by atoms with Gasteiger partial charge >= 0.3 is 6.03 Å². The molecule has 0 aromatic heterocycles. The predicted octanol–water partition coefficient (Wildman–Crippen LogP) is 1.73. The van der Waals surface area contributed by atoms with Crippen LogP contribution in [0, 0.1) is 0 Å². The highest BCUT2D eigenvalue weighted by Gasteiger charge is 2.26. The Morgan fingerprint density at radius 2 is 1.70 bits per heavy atom. The molecule has 0 spiro atoms. The molecule has 2 aliphatic rings. The van der Waals surface area contributed by atoms with E-state index in [1.807, 2.05) is 12.1 Å². The molecule has 20 heavy (non-hydrogen) atoms. The number of urea groups is 1. The number of benzene rings is 1. The predicted molar refractivity (Wildman–Crippen MR) is 76.5 cm³/mol. The Balaban J connectivity index is 1.64. The summed E-state index contributed by atoms with van der Waals surface area (Å²) >= 11 is 0. The Labute approximate surface area is 118 Å². The second-order valence-electron chi connectivity index (χ2n) is 5.42. The van der Waals surface area contributed by atoms with Crippen LogP contribution in [0.2, 0.25) is 0 Å². The summed E-state index contributed by atoms with van der Waals surface area (Å²) in [6.07, 6.45) is 3.85. The summed E-state index contributed by atoms with van der Waals surface area (Å²) in [7, 11) is 0. The zero-order valence-corrected chi connectivity index (χ0v) is 11.5. The smallest absolute Gasteiger partial charge is 0.324 e. The van der Waals surface area contributed by atoms with Gasteiger partial charge in [-0.25, -0.2) is 4.79 Å². The van der Waals surface area contributed by atoms with Crippen molar-refractivity contribution in [2.24, 2.45) is 0 Å². The van der Waals surface area contributed by atoms with E-state index < -0.39 is 0 Å². The minimum Gasteiger partial charge on any atom is -0.372 e. The standard InChI is InChI=1S/C15H19N3O2/c19-14-11-18(15(20)16-14)10-12-4-6-13(7-5-12)17-8-2-1-3-9-17/h4-7H,1-3,8-11H2,(H,16,19,20). The fraction of sp³-hybridized carbons (Fsp3) is 0.467. The molecule has 1 aromatic rings. The molecule has 0 saturated carbocycles. The first-order valence-electron chi connectivity index (χ1n) is 7.15. The van der Waals surface area contributed by atoms with Crippen LogP contribution in [0.3, 0.4) is 0 Å². The number of anilines is 1. The van der Waals surface area contributed by atoms with Gasteiger partial charge in [-0.3, -0.25) is 10.1 Å². The van der Waals surface area contributed by atoms with Crippen molar-refractivity contribution in [1.82, 2.24) is 10.2 Å². The Morgan fingerprint density at radius 3 is 2.30 bits per heavy atom. The van der Waals surface area contributed by atoms with Crippen LogP contribution in [0.15, 0.2) is 24.3 Å². The highest BCUT2D eigenvalue weighted by Crippen LogP contribution is 2.20. The SMILES string of the molecule is O=C1CN(Cc2ccc(N3CCCCC3)cc2)C(=O)N1. The molecular weight excluding hydrogens is 254 g/mol. The third-order valence-corrected chi connectivity index (χ3v) is 3.90. The van der Waals surface area contributed by atoms with Crippen molar-refractivity contribution >= 4 is 17.6 Å². The lowest BCUT2D eigenvalue weighted by Gasteiger charge is -2.29. The Bertz CT molecular complexity index is 506. The van der Waals surface area contributed by atoms with Gasteiger partial charge in [-0.05, 0) is 37.0 Å². The molecule has 3 rings (SSSR count). The van der Waals surface area contributed by atoms with Gasteiger partial charge in [-0.15, -0.1) is 0 Å². The number of hydrogen-bond donors (Lipinski definition) is 1. The quantitative estimate of drug-likeness (QED) is 0.853. The molecule has 0 radical (unpaired) electrons. The molecule has 5 heteroatoms. The Kier molecular flexibility index (Phi) is 3.58. The summed E-state index contributed by atoms with van der Waals surface area (Å²) in [5.74, 6) is -0.222. The molecule has 0 unspecified atom stereocenters. The maximum Gasteiger partial charge on any atom is 0.324 e. The number of carbonyl (C=O) groups is 2. The highest BCUT2D eigenvalue weighted by molar-refractivity contribution is 6.01. The summed E-state index contributed by atoms with van der Waals surface area (Å²) in [5.41, 5.74) is 2.30. The van der Waals surface area contributed by atoms with E-state index in [2.05, 4.69) is 22.3 Å². The number of rotatable bonds is 3. The number of carbonyl (C=O) groups excluding carboxylic acids is 2. The van der Waals surface area contributed by atoms with E-state index in [1.54, 1.807) is 0 Å². The van der Waals surface area contributed by atoms with E-state index in [1.165, 1.54) is 29.8 Å². The van der Waals surface area contributed by atoms with E-state index in [9.17, 15) is 9.59 Å². The first-order valence-corrected chi connectivity index (χ1v) is 7.15. The second-order valence-corrected chi connectivity index (χ2v) is 5.42. The Hall–Kier alpha value is -2.04. The first kappa shape index (κ1) is 13.0. The molecule has 5 nitrogen and oxygen atoms in total. The minimum absolute atomic E-state index is 0.159. The van der Waals surface area contributed by atoms with E-state index in [-0.39, 0.29) is 18.5 Å². The van der Waals surface area contributed by atoms with Crippen LogP contribution in [-0.2, 0) is 11.3 Å². The van der Waals surface area contributed by atoms with Crippen LogP contribution < -0.4 is 10.2 Å². The molecule has 2 fully saturated rings. The maximum atomic E-state index is 11.5. The van der Waals surface area contributed by atoms with Gasteiger partial charge in [-0.1, -0.05) is 12.1 Å². The molecule has 0 aliphatic carbocycles. The van der Waals surface area contributed by atoms with Crippen LogP contribution in [0.4, 0.5) is 10.5 Å². The van der Waals surface area contributed by atoms with Crippen molar-refractivity contribution in [3.05, 3.63) is 29.8 Å². The van der Waals surface area contributed by atoms with Gasteiger partial charge in [0.05, 0.1) is 0 Å². The van der Waals surface area contributed by atoms with Crippen molar-refractivity contribution in [2.75, 3.05) is 24.5 Å². The summed E-state index contributed by atoms with van der Waals surface area (Å²) in [4.78, 5) is 26.6. The zero-order valence-electron chi connectivity index (χ0n) is 11.5. The fourth-order valence-corrected chi connectivity index (χ4v) is 2.80. The zero-order chi connectivity index (χ0) is 13.9. The van der Waals surface area contributed by atoms with Crippen LogP contribution in [0.5, 0.6) is 0 Å². The van der Waals surface area contributed by atoms with Crippen molar-refractivity contribution in [3.63, 3.8) is 0 Å². The van der Waals surface area contributed by atoms with Crippen molar-refractivity contribution in [3.8, 4) is 0 Å². The van der Waals surface area contributed by atoms with Crippen LogP contribution in [0.1, 0.15) is 24.8 Å². The van der Waals surface area contributed by atoms with E-state index in [0.29, 0.717) is 6.54 Å². The van der Waals surface area contributed by atoms with E-state index in [0.717, 1.165) is 18.7 Å². The molecule has 0 atom stereocenters. The lowest BCUT2D eigenvalue weighted by atomic mass is 10.1. The molecule has 1 aromatic carbocycles. The van der Waals surface area contributed by atoms with E-state index in [4.69, 9.17) is 0 Å². The number of hydrogen-bond acceptors (Lipinski definition) is 3. The first-order chi connectivity index (χ1) is 9.72. The molecule has 3 amide bonds. The summed E-state index contributed by atoms with van der Waals surface area (Å²) in [6, 6.07) is 8.00. The molecule has 2 aliphatic heterocycles. The van der Waals surface area contributed by atoms with Gasteiger partial charge in [0.1, 0.15) is 6.54 Å². The van der Waals surface area contributed by atoms with Gasteiger partial charge < -0.3 is 9.80 Å². The van der Waals surface area contributed by atoms with Crippen LogP contribution in [-0.4, -0.2) is 36.5 Å². The van der Waals surface area contributed by atoms with Crippen LogP contribution >= 0.6 is 0 Å². The van der Waals surface area contributed by atoms with Crippen molar-refractivity contribution < 1.29 is 9.59 Å². The summed E-state index contributed by atoms with van der Waals surface area (Å²) in [6.45, 7) is 2.90. The van der Waals surface area contributed by atoms with Gasteiger partial charge in [0.2, 0.25) is 5.91 Å². The molecule has 2 heterocycles. The van der Waals surface area contributed by atoms with Gasteiger partial charge in [0, 0.05) is 25.3 Å². The molecule has 1 N–H and O–H groups in total. The third kappa shape index (κ3) is 2.76. The van der Waals surface area contributed by atoms with Gasteiger partial charge in [0.25, 0.3) is 0 Å². The number of amides is 3. The molecule has 0 bridgehead atoms. The van der Waals surface area contributed by atoms with Crippen LogP contribution in [0.25, 0.3) is 0 Å². The molecular formula is C15H19N3O2. The fourth-order valence-electron chi connectivity index (χ4n) is 2.80. The van der Waals surface area contributed by atoms with Crippen molar-refractivity contribution in [1.29, 1.82) is 0 Å². The number of nitrogens with zero attached hydrogens (tertiary/aromatic N) is 2. The highest BCUT2D eigenvalue weighted by atomic mass is 16.2. The minimum atomic E-state index is -0.296. The average Bonchev–Trinajstić information content (AvgIpc) is 2.79. The number of nitrogens with one attached hydrogen (secondary N) is 1. The number of imide groups is 1. The topological polar surface area (TPSA) is 52.7 Å². The van der Waals surface area contributed by atoms with Gasteiger partial charge in [0.15, 0.2) is 0 Å². The Morgan fingerprint density at radius 1 is 1.00 bits per heavy atom. The molecule has 106 valence electrons. The van der Waals surface area contributed by atoms with Gasteiger partial charge in [-0.2, -0.15) is 0 Å². The monoisotopic (exact) mass is 273 g/mol. The lowest BCUT2D eigenvalue weighted by Crippen LogP contribution is -2.29. The van der Waals surface area contributed by atoms with Crippen molar-refractivity contribution in [2.45, 2.75) is 25.8 Å². The second kappa shape index (κ2) is 5.53. The largest absolute Gasteiger partial charge is 0.372 e. The van der Waals surface area contributed by atoms with E-state index >= 15 is 0 Å². The summed E-state index contributed by atoms with van der Waals surface area (Å²) < 4.78 is 0.